The van der Waals surface area contributed by atoms with Crippen LogP contribution in [0.25, 0.3) is 10.8 Å². The number of rotatable bonds is 2. The quantitative estimate of drug-likeness (QED) is 0.868. The Kier molecular flexibility index (Phi) is 3.02. The normalized spacial score (nSPS) is 15.1. The van der Waals surface area contributed by atoms with Crippen molar-refractivity contribution in [1.82, 2.24) is 10.3 Å². The third-order valence-corrected chi connectivity index (χ3v) is 3.34. The van der Waals surface area contributed by atoms with E-state index >= 15 is 0 Å². The van der Waals surface area contributed by atoms with E-state index in [2.05, 4.69) is 10.3 Å². The van der Waals surface area contributed by atoms with Crippen LogP contribution in [0.2, 0.25) is 0 Å². The highest BCUT2D eigenvalue weighted by molar-refractivity contribution is 6.09. The summed E-state index contributed by atoms with van der Waals surface area (Å²) >= 11 is 0. The molecular formula is C14H11N3O4. The summed E-state index contributed by atoms with van der Waals surface area (Å²) in [5.41, 5.74) is 0.511. The first-order chi connectivity index (χ1) is 10.1. The van der Waals surface area contributed by atoms with Gasteiger partial charge in [-0.15, -0.1) is 0 Å². The van der Waals surface area contributed by atoms with Gasteiger partial charge in [-0.05, 0) is 23.6 Å². The number of carboxylic acid groups (broad SMARTS) is 1. The molecule has 0 radical (unpaired) electrons. The number of aromatic carboxylic acids is 1. The van der Waals surface area contributed by atoms with Crippen LogP contribution in [0.5, 0.6) is 0 Å². The summed E-state index contributed by atoms with van der Waals surface area (Å²) in [6, 6.07) is 4.26. The number of aromatic nitrogens is 1. The summed E-state index contributed by atoms with van der Waals surface area (Å²) in [6.45, 7) is 0.223. The van der Waals surface area contributed by atoms with E-state index in [0.29, 0.717) is 16.5 Å². The van der Waals surface area contributed by atoms with Crippen LogP contribution in [0, 0.1) is 0 Å². The highest BCUT2D eigenvalue weighted by atomic mass is 16.4. The predicted octanol–water partition coefficient (Wildman–Crippen LogP) is 1.38. The van der Waals surface area contributed by atoms with Crippen LogP contribution in [0.3, 0.4) is 0 Å². The van der Waals surface area contributed by atoms with Gasteiger partial charge in [-0.25, -0.2) is 9.59 Å². The van der Waals surface area contributed by atoms with Gasteiger partial charge in [0, 0.05) is 36.4 Å². The van der Waals surface area contributed by atoms with Crippen molar-refractivity contribution in [3.63, 3.8) is 0 Å². The van der Waals surface area contributed by atoms with Gasteiger partial charge in [0.25, 0.3) is 0 Å². The summed E-state index contributed by atoms with van der Waals surface area (Å²) < 4.78 is 0. The molecule has 0 unspecified atom stereocenters. The van der Waals surface area contributed by atoms with Crippen LogP contribution in [0.4, 0.5) is 10.5 Å². The van der Waals surface area contributed by atoms with Crippen LogP contribution >= 0.6 is 0 Å². The predicted molar refractivity (Wildman–Crippen MR) is 74.2 cm³/mol. The average Bonchev–Trinajstić information content (AvgIpc) is 2.46. The molecule has 0 bridgehead atoms. The van der Waals surface area contributed by atoms with Crippen molar-refractivity contribution >= 4 is 34.4 Å². The molecule has 0 atom stereocenters. The number of pyridine rings is 1. The first-order valence-electron chi connectivity index (χ1n) is 6.28. The van der Waals surface area contributed by atoms with Crippen molar-refractivity contribution in [2.75, 3.05) is 11.4 Å². The Morgan fingerprint density at radius 3 is 2.86 bits per heavy atom. The van der Waals surface area contributed by atoms with E-state index in [1.807, 2.05) is 0 Å². The number of nitrogens with one attached hydrogen (secondary N) is 1. The number of anilines is 1. The molecule has 106 valence electrons. The molecule has 2 heterocycles. The van der Waals surface area contributed by atoms with E-state index in [1.165, 1.54) is 17.2 Å². The number of nitrogens with zero attached hydrogens (tertiary/aromatic N) is 2. The maximum atomic E-state index is 11.9. The first kappa shape index (κ1) is 13.0. The van der Waals surface area contributed by atoms with Crippen molar-refractivity contribution in [1.29, 1.82) is 0 Å². The third-order valence-electron chi connectivity index (χ3n) is 3.34. The number of benzene rings is 1. The Morgan fingerprint density at radius 2 is 2.14 bits per heavy atom. The van der Waals surface area contributed by atoms with Crippen molar-refractivity contribution in [3.05, 3.63) is 36.2 Å². The second kappa shape index (κ2) is 4.86. The minimum Gasteiger partial charge on any atom is -0.478 e. The van der Waals surface area contributed by atoms with Gasteiger partial charge in [0.15, 0.2) is 0 Å². The monoisotopic (exact) mass is 285 g/mol. The van der Waals surface area contributed by atoms with E-state index in [1.54, 1.807) is 18.3 Å². The molecule has 7 nitrogen and oxygen atoms in total. The van der Waals surface area contributed by atoms with Gasteiger partial charge in [0.1, 0.15) is 0 Å². The van der Waals surface area contributed by atoms with E-state index in [0.717, 1.165) is 0 Å². The summed E-state index contributed by atoms with van der Waals surface area (Å²) in [5, 5.41) is 12.7. The zero-order valence-electron chi connectivity index (χ0n) is 10.9. The summed E-state index contributed by atoms with van der Waals surface area (Å²) in [5.74, 6) is -1.43. The lowest BCUT2D eigenvalue weighted by Crippen LogP contribution is -2.49. The Balaban J connectivity index is 2.13. The number of fused-ring (bicyclic) bond motifs is 1. The van der Waals surface area contributed by atoms with Crippen molar-refractivity contribution in [2.45, 2.75) is 6.42 Å². The number of hydrogen-bond donors (Lipinski definition) is 2. The number of hydrogen-bond acceptors (Lipinski definition) is 4. The lowest BCUT2D eigenvalue weighted by atomic mass is 10.0. The standard InChI is InChI=1S/C14H11N3O4/c18-12-2-4-17(14(21)16-12)9-5-8-1-3-15-7-11(8)10(6-9)13(19)20/h1,3,5-7H,2,4H2,(H,19,20)(H,16,18,21). The topological polar surface area (TPSA) is 99.6 Å². The highest BCUT2D eigenvalue weighted by Crippen LogP contribution is 2.27. The molecule has 1 aliphatic rings. The summed E-state index contributed by atoms with van der Waals surface area (Å²) in [7, 11) is 0. The third kappa shape index (κ3) is 2.29. The fraction of sp³-hybridized carbons (Fsp3) is 0.143. The highest BCUT2D eigenvalue weighted by Gasteiger charge is 2.25. The largest absolute Gasteiger partial charge is 0.478 e. The number of carboxylic acids is 1. The van der Waals surface area contributed by atoms with Gasteiger partial charge in [-0.1, -0.05) is 0 Å². The minimum atomic E-state index is -1.09. The Labute approximate surface area is 119 Å². The Bertz CT molecular complexity index is 772. The molecule has 21 heavy (non-hydrogen) atoms. The lowest BCUT2D eigenvalue weighted by molar-refractivity contribution is -0.120. The number of carbonyl (C=O) groups excluding carboxylic acids is 2. The maximum Gasteiger partial charge on any atom is 0.336 e. The van der Waals surface area contributed by atoms with Crippen molar-refractivity contribution < 1.29 is 19.5 Å². The zero-order chi connectivity index (χ0) is 15.0. The second-order valence-electron chi connectivity index (χ2n) is 4.65. The molecule has 1 fully saturated rings. The number of carbonyl (C=O) groups is 3. The summed E-state index contributed by atoms with van der Waals surface area (Å²) in [4.78, 5) is 39.7. The van der Waals surface area contributed by atoms with Crippen LogP contribution in [-0.2, 0) is 4.79 Å². The number of urea groups is 1. The molecule has 2 N–H and O–H groups in total. The molecule has 3 amide bonds. The molecule has 1 aliphatic heterocycles. The van der Waals surface area contributed by atoms with Crippen LogP contribution < -0.4 is 10.2 Å². The van der Waals surface area contributed by atoms with Gasteiger partial charge in [-0.3, -0.25) is 20.0 Å². The molecule has 0 aliphatic carbocycles. The average molecular weight is 285 g/mol. The first-order valence-corrected chi connectivity index (χ1v) is 6.28. The van der Waals surface area contributed by atoms with E-state index in [-0.39, 0.29) is 24.4 Å². The Morgan fingerprint density at radius 1 is 1.33 bits per heavy atom. The van der Waals surface area contributed by atoms with E-state index in [9.17, 15) is 19.5 Å². The second-order valence-corrected chi connectivity index (χ2v) is 4.65. The number of amides is 3. The molecule has 0 spiro atoms. The molecule has 7 heteroatoms. The van der Waals surface area contributed by atoms with E-state index in [4.69, 9.17) is 0 Å². The van der Waals surface area contributed by atoms with Gasteiger partial charge < -0.3 is 5.11 Å². The zero-order valence-corrected chi connectivity index (χ0v) is 10.9. The molecule has 1 aromatic heterocycles. The molecular weight excluding hydrogens is 274 g/mol. The molecule has 1 saturated heterocycles. The summed E-state index contributed by atoms with van der Waals surface area (Å²) in [6.07, 6.45) is 3.21. The van der Waals surface area contributed by atoms with Crippen LogP contribution in [0.15, 0.2) is 30.6 Å². The fourth-order valence-corrected chi connectivity index (χ4v) is 2.33. The van der Waals surface area contributed by atoms with Gasteiger partial charge in [0.2, 0.25) is 5.91 Å². The van der Waals surface area contributed by atoms with Gasteiger partial charge >= 0.3 is 12.0 Å². The van der Waals surface area contributed by atoms with Crippen LogP contribution in [0.1, 0.15) is 16.8 Å². The fourth-order valence-electron chi connectivity index (χ4n) is 2.33. The minimum absolute atomic E-state index is 0.0697. The maximum absolute atomic E-state index is 11.9. The molecule has 0 saturated carbocycles. The van der Waals surface area contributed by atoms with Crippen molar-refractivity contribution in [2.24, 2.45) is 0 Å². The molecule has 2 aromatic rings. The smallest absolute Gasteiger partial charge is 0.336 e. The number of imide groups is 1. The van der Waals surface area contributed by atoms with Gasteiger partial charge in [-0.2, -0.15) is 0 Å². The van der Waals surface area contributed by atoms with E-state index < -0.39 is 12.0 Å². The SMILES string of the molecule is O=C1CCN(c2cc(C(=O)O)c3cnccc3c2)C(=O)N1. The molecule has 3 rings (SSSR count). The van der Waals surface area contributed by atoms with Crippen molar-refractivity contribution in [3.8, 4) is 0 Å². The lowest BCUT2D eigenvalue weighted by Gasteiger charge is -2.27. The Hall–Kier alpha value is -2.96. The van der Waals surface area contributed by atoms with Crippen LogP contribution in [-0.4, -0.2) is 34.5 Å². The van der Waals surface area contributed by atoms with Gasteiger partial charge in [0.05, 0.1) is 5.56 Å². The molecule has 1 aromatic carbocycles.